The minimum Gasteiger partial charge on any atom is -0.394 e. The average Bonchev–Trinajstić information content (AvgIpc) is 2.77. The van der Waals surface area contributed by atoms with Crippen molar-refractivity contribution in [3.63, 3.8) is 0 Å². The smallest absolute Gasteiger partial charge is 0.0733 e. The predicted octanol–water partition coefficient (Wildman–Crippen LogP) is 5.51. The monoisotopic (exact) mass is 393 g/mol. The summed E-state index contributed by atoms with van der Waals surface area (Å²) < 4.78 is 6.38. The summed E-state index contributed by atoms with van der Waals surface area (Å²) in [6.07, 6.45) is 7.65. The zero-order valence-corrected chi connectivity index (χ0v) is 17.6. The molecule has 0 amide bonds. The van der Waals surface area contributed by atoms with Gasteiger partial charge >= 0.3 is 0 Å². The van der Waals surface area contributed by atoms with E-state index in [-0.39, 0.29) is 24.8 Å². The number of likely N-dealkylation sites (tertiary alicyclic amines) is 1. The highest BCUT2D eigenvalue weighted by molar-refractivity contribution is 5.20. The number of benzene rings is 2. The zero-order chi connectivity index (χ0) is 20.5. The summed E-state index contributed by atoms with van der Waals surface area (Å²) in [5, 5.41) is 10.3. The molecule has 0 aromatic heterocycles. The van der Waals surface area contributed by atoms with Gasteiger partial charge in [-0.3, -0.25) is 4.90 Å². The van der Waals surface area contributed by atoms with Crippen molar-refractivity contribution in [3.05, 3.63) is 84.4 Å². The topological polar surface area (TPSA) is 32.7 Å². The average molecular weight is 394 g/mol. The summed E-state index contributed by atoms with van der Waals surface area (Å²) >= 11 is 0. The van der Waals surface area contributed by atoms with Gasteiger partial charge in [-0.2, -0.15) is 0 Å². The van der Waals surface area contributed by atoms with Gasteiger partial charge in [-0.15, -0.1) is 6.58 Å². The normalized spacial score (nSPS) is 23.6. The van der Waals surface area contributed by atoms with Crippen LogP contribution in [-0.4, -0.2) is 34.8 Å². The van der Waals surface area contributed by atoms with Gasteiger partial charge in [0.05, 0.1) is 25.4 Å². The van der Waals surface area contributed by atoms with Crippen molar-refractivity contribution < 1.29 is 9.84 Å². The minimum atomic E-state index is 0.00283. The molecule has 0 unspecified atom stereocenters. The third-order valence-corrected chi connectivity index (χ3v) is 6.18. The van der Waals surface area contributed by atoms with Crippen LogP contribution in [0, 0.1) is 0 Å². The van der Waals surface area contributed by atoms with Gasteiger partial charge < -0.3 is 9.84 Å². The van der Waals surface area contributed by atoms with E-state index < -0.39 is 0 Å². The van der Waals surface area contributed by atoms with Crippen molar-refractivity contribution in [2.45, 2.75) is 69.9 Å². The van der Waals surface area contributed by atoms with E-state index in [1.54, 1.807) is 0 Å². The van der Waals surface area contributed by atoms with Crippen molar-refractivity contribution in [2.75, 3.05) is 6.61 Å². The largest absolute Gasteiger partial charge is 0.394 e. The van der Waals surface area contributed by atoms with Crippen molar-refractivity contribution >= 4 is 0 Å². The number of allylic oxidation sites excluding steroid dienone is 1. The van der Waals surface area contributed by atoms with E-state index in [1.807, 2.05) is 18.2 Å². The van der Waals surface area contributed by atoms with E-state index >= 15 is 0 Å². The Kier molecular flexibility index (Phi) is 8.48. The molecule has 1 saturated heterocycles. The molecular weight excluding hydrogens is 358 g/mol. The first-order chi connectivity index (χ1) is 14.2. The molecule has 1 heterocycles. The summed E-state index contributed by atoms with van der Waals surface area (Å²) in [5.41, 5.74) is 2.39. The number of hydrogen-bond acceptors (Lipinski definition) is 3. The van der Waals surface area contributed by atoms with E-state index in [0.29, 0.717) is 12.6 Å². The fourth-order valence-corrected chi connectivity index (χ4v) is 4.65. The number of hydrogen-bond donors (Lipinski definition) is 1. The molecule has 3 nitrogen and oxygen atoms in total. The molecule has 2 aromatic carbocycles. The fourth-order valence-electron chi connectivity index (χ4n) is 4.65. The first-order valence-electron chi connectivity index (χ1n) is 10.9. The Morgan fingerprint density at radius 1 is 1.10 bits per heavy atom. The minimum absolute atomic E-state index is 0.00283. The second kappa shape index (κ2) is 11.3. The lowest BCUT2D eigenvalue weighted by atomic mass is 9.87. The maximum atomic E-state index is 10.3. The second-order valence-electron chi connectivity index (χ2n) is 8.08. The predicted molar refractivity (Wildman–Crippen MR) is 120 cm³/mol. The molecule has 29 heavy (non-hydrogen) atoms. The third-order valence-electron chi connectivity index (χ3n) is 6.18. The Morgan fingerprint density at radius 3 is 2.45 bits per heavy atom. The van der Waals surface area contributed by atoms with Crippen LogP contribution in [0.3, 0.4) is 0 Å². The van der Waals surface area contributed by atoms with Crippen molar-refractivity contribution in [1.82, 2.24) is 4.90 Å². The van der Waals surface area contributed by atoms with Crippen LogP contribution in [-0.2, 0) is 11.3 Å². The van der Waals surface area contributed by atoms with E-state index in [4.69, 9.17) is 4.74 Å². The molecule has 4 atom stereocenters. The van der Waals surface area contributed by atoms with Gasteiger partial charge in [0.2, 0.25) is 0 Å². The van der Waals surface area contributed by atoms with Crippen molar-refractivity contribution in [3.8, 4) is 0 Å². The molecule has 0 saturated carbocycles. The van der Waals surface area contributed by atoms with E-state index in [1.165, 1.54) is 11.1 Å². The quantitative estimate of drug-likeness (QED) is 0.426. The molecule has 3 rings (SSSR count). The van der Waals surface area contributed by atoms with E-state index in [2.05, 4.69) is 66.9 Å². The first kappa shape index (κ1) is 21.8. The molecule has 1 fully saturated rings. The molecule has 156 valence electrons. The maximum Gasteiger partial charge on any atom is 0.0733 e. The highest BCUT2D eigenvalue weighted by atomic mass is 16.5. The number of unbranched alkanes of at least 4 members (excludes halogenated alkanes) is 1. The highest BCUT2D eigenvalue weighted by Gasteiger charge is 2.39. The van der Waals surface area contributed by atoms with Crippen LogP contribution >= 0.6 is 0 Å². The van der Waals surface area contributed by atoms with Gasteiger partial charge in [0.25, 0.3) is 0 Å². The number of nitrogens with zero attached hydrogens (tertiary/aromatic N) is 1. The summed E-state index contributed by atoms with van der Waals surface area (Å²) in [4.78, 5) is 2.53. The Morgan fingerprint density at radius 2 is 1.79 bits per heavy atom. The van der Waals surface area contributed by atoms with Crippen LogP contribution in [0.25, 0.3) is 0 Å². The summed E-state index contributed by atoms with van der Waals surface area (Å²) in [6, 6.07) is 21.5. The van der Waals surface area contributed by atoms with Gasteiger partial charge in [0.15, 0.2) is 0 Å². The fraction of sp³-hybridized carbons (Fsp3) is 0.462. The van der Waals surface area contributed by atoms with Crippen LogP contribution in [0.1, 0.15) is 56.2 Å². The van der Waals surface area contributed by atoms with E-state index in [0.717, 1.165) is 32.1 Å². The molecule has 1 N–H and O–H groups in total. The number of piperidine rings is 1. The summed E-state index contributed by atoms with van der Waals surface area (Å²) in [6.45, 7) is 6.89. The molecular formula is C26H35NO2. The lowest BCUT2D eigenvalue weighted by molar-refractivity contribution is -0.0898. The third kappa shape index (κ3) is 5.79. The van der Waals surface area contributed by atoms with Gasteiger partial charge in [0, 0.05) is 12.1 Å². The zero-order valence-electron chi connectivity index (χ0n) is 17.6. The van der Waals surface area contributed by atoms with Crippen LogP contribution in [0.4, 0.5) is 0 Å². The first-order valence-corrected chi connectivity index (χ1v) is 10.9. The number of aliphatic hydroxyl groups excluding tert-OH is 1. The van der Waals surface area contributed by atoms with Crippen LogP contribution < -0.4 is 0 Å². The Labute approximate surface area is 176 Å². The van der Waals surface area contributed by atoms with Crippen LogP contribution in [0.5, 0.6) is 0 Å². The summed E-state index contributed by atoms with van der Waals surface area (Å²) in [7, 11) is 0. The van der Waals surface area contributed by atoms with Gasteiger partial charge in [-0.1, -0.05) is 66.7 Å². The molecule has 2 aromatic rings. The number of ether oxygens (including phenoxy) is 1. The SMILES string of the molecule is C=CCCC[C@H]1CC[C@@H](OCc2ccccc2)[C@H](C)N1[C@@H](CO)c1ccccc1. The molecule has 0 bridgehead atoms. The number of rotatable bonds is 10. The highest BCUT2D eigenvalue weighted by Crippen LogP contribution is 2.36. The van der Waals surface area contributed by atoms with E-state index in [9.17, 15) is 5.11 Å². The molecule has 0 aliphatic carbocycles. The van der Waals surface area contributed by atoms with Crippen molar-refractivity contribution in [2.24, 2.45) is 0 Å². The maximum absolute atomic E-state index is 10.3. The molecule has 0 spiro atoms. The van der Waals surface area contributed by atoms with Crippen molar-refractivity contribution in [1.29, 1.82) is 0 Å². The lowest BCUT2D eigenvalue weighted by Crippen LogP contribution is -2.54. The van der Waals surface area contributed by atoms with Crippen LogP contribution in [0.2, 0.25) is 0 Å². The van der Waals surface area contributed by atoms with Gasteiger partial charge in [-0.25, -0.2) is 0 Å². The lowest BCUT2D eigenvalue weighted by Gasteiger charge is -2.48. The Balaban J connectivity index is 1.76. The second-order valence-corrected chi connectivity index (χ2v) is 8.08. The molecule has 0 radical (unpaired) electrons. The standard InChI is InChI=1S/C26H35NO2/c1-3-4-7-16-24-17-18-26(29-20-22-12-8-5-9-13-22)21(2)27(24)25(19-28)23-14-10-6-11-15-23/h3,5-6,8-15,21,24-26,28H,1,4,7,16-20H2,2H3/t21-,24-,25-,26+/m0/s1. The van der Waals surface area contributed by atoms with Crippen LogP contribution in [0.15, 0.2) is 73.3 Å². The van der Waals surface area contributed by atoms with Gasteiger partial charge in [0.1, 0.15) is 0 Å². The van der Waals surface area contributed by atoms with Gasteiger partial charge in [-0.05, 0) is 50.2 Å². The molecule has 3 heteroatoms. The Bertz CT molecular complexity index is 718. The molecule has 1 aliphatic rings. The summed E-state index contributed by atoms with van der Waals surface area (Å²) in [5.74, 6) is 0. The number of aliphatic hydroxyl groups is 1. The Hall–Kier alpha value is -1.94. The molecule has 1 aliphatic heterocycles.